The van der Waals surface area contributed by atoms with Crippen LogP contribution in [0.15, 0.2) is 58.9 Å². The number of nitrogens with one attached hydrogen (secondary N) is 1. The van der Waals surface area contributed by atoms with Crippen LogP contribution in [0, 0.1) is 0 Å². The lowest BCUT2D eigenvalue weighted by Crippen LogP contribution is -2.49. The summed E-state index contributed by atoms with van der Waals surface area (Å²) in [5.74, 6) is -0.316. The van der Waals surface area contributed by atoms with Gasteiger partial charge in [-0.05, 0) is 17.7 Å². The zero-order valence-electron chi connectivity index (χ0n) is 17.5. The number of nitrogens with zero attached hydrogens (tertiary/aromatic N) is 3. The number of ether oxygens (including phenoxy) is 1. The summed E-state index contributed by atoms with van der Waals surface area (Å²) in [6.45, 7) is 3.95. The molecule has 1 aromatic heterocycles. The van der Waals surface area contributed by atoms with E-state index in [1.165, 1.54) is 15.6 Å². The van der Waals surface area contributed by atoms with Crippen LogP contribution in [0.4, 0.5) is 10.8 Å². The Labute approximate surface area is 195 Å². The Hall–Kier alpha value is -2.63. The Morgan fingerprint density at radius 2 is 1.91 bits per heavy atom. The Kier molecular flexibility index (Phi) is 6.68. The van der Waals surface area contributed by atoms with Gasteiger partial charge in [-0.25, -0.2) is 8.42 Å². The zero-order valence-corrected chi connectivity index (χ0v) is 19.9. The average Bonchev–Trinajstić information content (AvgIpc) is 3.19. The van der Waals surface area contributed by atoms with Gasteiger partial charge in [0, 0.05) is 5.25 Å². The van der Waals surface area contributed by atoms with Crippen LogP contribution in [0.3, 0.4) is 0 Å². The highest BCUT2D eigenvalue weighted by Gasteiger charge is 2.37. The summed E-state index contributed by atoms with van der Waals surface area (Å²) < 4.78 is 34.4. The molecule has 0 spiro atoms. The highest BCUT2D eigenvalue weighted by molar-refractivity contribution is 8.01. The first-order valence-electron chi connectivity index (χ1n) is 9.93. The van der Waals surface area contributed by atoms with Gasteiger partial charge in [0.25, 0.3) is 5.91 Å². The molecule has 1 atom stereocenters. The molecule has 1 aliphatic rings. The van der Waals surface area contributed by atoms with Crippen molar-refractivity contribution in [2.45, 2.75) is 35.3 Å². The second-order valence-corrected chi connectivity index (χ2v) is 12.1. The van der Waals surface area contributed by atoms with Gasteiger partial charge in [0.2, 0.25) is 15.2 Å². The van der Waals surface area contributed by atoms with Crippen molar-refractivity contribution < 1.29 is 17.9 Å². The number of sulfonamides is 1. The maximum absolute atomic E-state index is 13.3. The molecule has 0 saturated heterocycles. The molecule has 0 fully saturated rings. The topological polar surface area (TPSA) is 101 Å². The number of benzene rings is 2. The van der Waals surface area contributed by atoms with Gasteiger partial charge in [-0.15, -0.1) is 10.2 Å². The van der Waals surface area contributed by atoms with Crippen molar-refractivity contribution in [3.63, 3.8) is 0 Å². The second kappa shape index (κ2) is 9.47. The van der Waals surface area contributed by atoms with E-state index in [1.54, 1.807) is 60.3 Å². The largest absolute Gasteiger partial charge is 0.476 e. The van der Waals surface area contributed by atoms with E-state index >= 15 is 0 Å². The predicted octanol–water partition coefficient (Wildman–Crippen LogP) is 3.77. The minimum atomic E-state index is -3.75. The summed E-state index contributed by atoms with van der Waals surface area (Å²) in [5.41, 5.74) is 1.08. The number of aromatic nitrogens is 2. The maximum atomic E-state index is 13.3. The fourth-order valence-corrected chi connectivity index (χ4v) is 6.72. The van der Waals surface area contributed by atoms with E-state index < -0.39 is 22.0 Å². The highest BCUT2D eigenvalue weighted by atomic mass is 32.2. The number of anilines is 2. The van der Waals surface area contributed by atoms with Crippen molar-refractivity contribution in [1.29, 1.82) is 0 Å². The Bertz CT molecular complexity index is 1200. The minimum Gasteiger partial charge on any atom is -0.476 e. The van der Waals surface area contributed by atoms with E-state index in [9.17, 15) is 13.2 Å². The zero-order chi connectivity index (χ0) is 22.7. The SMILES string of the molecule is CC(C)Sc1nnc(NC(=O)[C@H]2CN(S(=O)(=O)Cc3ccccc3)c3ccccc3O2)s1. The summed E-state index contributed by atoms with van der Waals surface area (Å²) in [4.78, 5) is 12.9. The average molecular weight is 491 g/mol. The number of rotatable bonds is 7. The van der Waals surface area contributed by atoms with Crippen molar-refractivity contribution in [2.24, 2.45) is 0 Å². The molecule has 2 aromatic carbocycles. The summed E-state index contributed by atoms with van der Waals surface area (Å²) in [6, 6.07) is 15.7. The number of carbonyl (C=O) groups is 1. The normalized spacial score (nSPS) is 15.8. The molecular weight excluding hydrogens is 468 g/mol. The van der Waals surface area contributed by atoms with Gasteiger partial charge >= 0.3 is 0 Å². The number of carbonyl (C=O) groups excluding carboxylic acids is 1. The van der Waals surface area contributed by atoms with Gasteiger partial charge in [0.15, 0.2) is 10.4 Å². The summed E-state index contributed by atoms with van der Waals surface area (Å²) >= 11 is 2.82. The molecule has 168 valence electrons. The van der Waals surface area contributed by atoms with Gasteiger partial charge in [0.1, 0.15) is 5.75 Å². The fourth-order valence-electron chi connectivity index (χ4n) is 3.16. The molecule has 11 heteroatoms. The van der Waals surface area contributed by atoms with Crippen LogP contribution in [-0.2, 0) is 20.6 Å². The Morgan fingerprint density at radius 3 is 2.66 bits per heavy atom. The van der Waals surface area contributed by atoms with Gasteiger partial charge in [-0.2, -0.15) is 0 Å². The molecule has 3 aromatic rings. The van der Waals surface area contributed by atoms with Crippen molar-refractivity contribution in [2.75, 3.05) is 16.2 Å². The molecule has 0 bridgehead atoms. The molecule has 1 N–H and O–H groups in total. The third-order valence-corrected chi connectivity index (χ3v) is 8.17. The molecule has 0 unspecified atom stereocenters. The number of fused-ring (bicyclic) bond motifs is 1. The van der Waals surface area contributed by atoms with Crippen LogP contribution in [0.1, 0.15) is 19.4 Å². The minimum absolute atomic E-state index is 0.135. The number of para-hydroxylation sites is 2. The van der Waals surface area contributed by atoms with Crippen molar-refractivity contribution in [1.82, 2.24) is 10.2 Å². The van der Waals surface area contributed by atoms with E-state index in [1.807, 2.05) is 19.9 Å². The lowest BCUT2D eigenvalue weighted by molar-refractivity contribution is -0.122. The highest BCUT2D eigenvalue weighted by Crippen LogP contribution is 2.36. The van der Waals surface area contributed by atoms with Crippen LogP contribution in [0.25, 0.3) is 0 Å². The first kappa shape index (κ1) is 22.6. The quantitative estimate of drug-likeness (QED) is 0.397. The first-order chi connectivity index (χ1) is 15.3. The molecule has 1 aliphatic heterocycles. The van der Waals surface area contributed by atoms with Gasteiger partial charge in [-0.3, -0.25) is 14.4 Å². The van der Waals surface area contributed by atoms with Crippen molar-refractivity contribution in [3.8, 4) is 5.75 Å². The molecule has 0 radical (unpaired) electrons. The van der Waals surface area contributed by atoms with E-state index in [0.717, 1.165) is 4.34 Å². The second-order valence-electron chi connectivity index (χ2n) is 7.38. The van der Waals surface area contributed by atoms with Gasteiger partial charge < -0.3 is 4.74 Å². The molecule has 32 heavy (non-hydrogen) atoms. The fraction of sp³-hybridized carbons (Fsp3) is 0.286. The molecule has 4 rings (SSSR count). The van der Waals surface area contributed by atoms with E-state index in [0.29, 0.717) is 27.4 Å². The number of hydrogen-bond donors (Lipinski definition) is 1. The smallest absolute Gasteiger partial charge is 0.269 e. The summed E-state index contributed by atoms with van der Waals surface area (Å²) in [7, 11) is -3.75. The molecule has 2 heterocycles. The lowest BCUT2D eigenvalue weighted by Gasteiger charge is -2.34. The third kappa shape index (κ3) is 5.22. The predicted molar refractivity (Wildman–Crippen MR) is 127 cm³/mol. The van der Waals surface area contributed by atoms with Gasteiger partial charge in [0.05, 0.1) is 18.0 Å². The van der Waals surface area contributed by atoms with Crippen molar-refractivity contribution >= 4 is 49.8 Å². The standard InChI is InChI=1S/C21H22N4O4S3/c1-14(2)30-21-24-23-20(31-21)22-19(26)18-12-25(16-10-6-7-11-17(16)29-18)32(27,28)13-15-8-4-3-5-9-15/h3-11,14,18H,12-13H2,1-2H3,(H,22,23,26)/t18-/m1/s1. The molecular formula is C21H22N4O4S3. The Morgan fingerprint density at radius 1 is 1.19 bits per heavy atom. The van der Waals surface area contributed by atoms with Crippen LogP contribution < -0.4 is 14.4 Å². The Balaban J connectivity index is 1.55. The molecule has 0 saturated carbocycles. The van der Waals surface area contributed by atoms with Crippen LogP contribution in [0.2, 0.25) is 0 Å². The molecule has 1 amide bonds. The van der Waals surface area contributed by atoms with Crippen LogP contribution >= 0.6 is 23.1 Å². The molecule has 8 nitrogen and oxygen atoms in total. The molecule has 0 aliphatic carbocycles. The lowest BCUT2D eigenvalue weighted by atomic mass is 10.2. The monoisotopic (exact) mass is 490 g/mol. The number of thioether (sulfide) groups is 1. The first-order valence-corrected chi connectivity index (χ1v) is 13.2. The van der Waals surface area contributed by atoms with Gasteiger partial charge in [-0.1, -0.05) is 79.4 Å². The van der Waals surface area contributed by atoms with Crippen LogP contribution in [-0.4, -0.2) is 42.4 Å². The van der Waals surface area contributed by atoms with Crippen LogP contribution in [0.5, 0.6) is 5.75 Å². The van der Waals surface area contributed by atoms with Crippen molar-refractivity contribution in [3.05, 3.63) is 60.2 Å². The van der Waals surface area contributed by atoms with E-state index in [-0.39, 0.29) is 12.3 Å². The van der Waals surface area contributed by atoms with E-state index in [2.05, 4.69) is 15.5 Å². The third-order valence-electron chi connectivity index (χ3n) is 4.53. The number of hydrogen-bond acceptors (Lipinski definition) is 8. The summed E-state index contributed by atoms with van der Waals surface area (Å²) in [5, 5.41) is 11.5. The number of amides is 1. The van der Waals surface area contributed by atoms with E-state index in [4.69, 9.17) is 4.74 Å². The summed E-state index contributed by atoms with van der Waals surface area (Å²) in [6.07, 6.45) is -1.03. The maximum Gasteiger partial charge on any atom is 0.269 e.